The first-order chi connectivity index (χ1) is 12.3. The Morgan fingerprint density at radius 2 is 1.92 bits per heavy atom. The van der Waals surface area contributed by atoms with Gasteiger partial charge in [0.1, 0.15) is 4.21 Å². The van der Waals surface area contributed by atoms with Crippen LogP contribution in [0.3, 0.4) is 0 Å². The van der Waals surface area contributed by atoms with Crippen LogP contribution in [0.2, 0.25) is 5.02 Å². The molecule has 0 amide bonds. The summed E-state index contributed by atoms with van der Waals surface area (Å²) in [7, 11) is -7.18. The number of benzene rings is 1. The lowest BCUT2D eigenvalue weighted by Crippen LogP contribution is -2.33. The SMILES string of the molecule is CCc1ccc(S(=O)(=O)N2CCC(c3ccccc3Cl)S(=O)(=O)CC2)s1. The molecule has 1 aromatic carbocycles. The molecule has 1 aromatic heterocycles. The average Bonchev–Trinajstić information content (AvgIpc) is 3.02. The smallest absolute Gasteiger partial charge is 0.228 e. The number of rotatable bonds is 4. The Labute approximate surface area is 163 Å². The fraction of sp³-hybridized carbons (Fsp3) is 0.412. The van der Waals surface area contributed by atoms with Crippen molar-refractivity contribution in [1.82, 2.24) is 4.31 Å². The molecule has 5 nitrogen and oxygen atoms in total. The molecule has 1 atom stereocenters. The molecule has 26 heavy (non-hydrogen) atoms. The molecule has 2 aromatic rings. The first-order valence-corrected chi connectivity index (χ1v) is 12.7. The van der Waals surface area contributed by atoms with Crippen molar-refractivity contribution >= 4 is 42.8 Å². The van der Waals surface area contributed by atoms with Crippen LogP contribution in [0.1, 0.15) is 29.0 Å². The number of sulfone groups is 1. The number of sulfonamides is 1. The molecule has 1 unspecified atom stereocenters. The Balaban J connectivity index is 1.90. The third-order valence-corrected chi connectivity index (χ3v) is 10.6. The Morgan fingerprint density at radius 3 is 2.58 bits per heavy atom. The van der Waals surface area contributed by atoms with Crippen LogP contribution in [-0.2, 0) is 26.3 Å². The highest BCUT2D eigenvalue weighted by Gasteiger charge is 2.36. The van der Waals surface area contributed by atoms with Crippen molar-refractivity contribution in [2.75, 3.05) is 18.8 Å². The summed E-state index contributed by atoms with van der Waals surface area (Å²) in [5.74, 6) is -0.214. The molecule has 9 heteroatoms. The standard InChI is InChI=1S/C17H20ClNO4S3/c1-2-13-7-8-17(24-13)26(22,23)19-10-9-16(25(20,21)12-11-19)14-5-3-4-6-15(14)18/h3-8,16H,2,9-12H2,1H3. The third-order valence-electron chi connectivity index (χ3n) is 4.53. The Morgan fingerprint density at radius 1 is 1.19 bits per heavy atom. The predicted molar refractivity (Wildman–Crippen MR) is 105 cm³/mol. The normalized spacial score (nSPS) is 21.4. The van der Waals surface area contributed by atoms with Gasteiger partial charge < -0.3 is 0 Å². The fourth-order valence-corrected chi connectivity index (χ4v) is 8.23. The van der Waals surface area contributed by atoms with Crippen LogP contribution < -0.4 is 0 Å². The molecule has 1 fully saturated rings. The van der Waals surface area contributed by atoms with Crippen molar-refractivity contribution in [2.24, 2.45) is 0 Å². The van der Waals surface area contributed by atoms with E-state index in [0.29, 0.717) is 10.6 Å². The zero-order chi connectivity index (χ0) is 18.9. The number of hydrogen-bond acceptors (Lipinski definition) is 5. The van der Waals surface area contributed by atoms with Crippen molar-refractivity contribution in [2.45, 2.75) is 29.2 Å². The molecule has 0 aliphatic carbocycles. The van der Waals surface area contributed by atoms with Crippen molar-refractivity contribution in [3.05, 3.63) is 51.9 Å². The summed E-state index contributed by atoms with van der Waals surface area (Å²) >= 11 is 7.42. The second-order valence-corrected chi connectivity index (χ2v) is 12.2. The van der Waals surface area contributed by atoms with E-state index in [9.17, 15) is 16.8 Å². The highest BCUT2D eigenvalue weighted by Crippen LogP contribution is 2.35. The summed E-state index contributed by atoms with van der Waals surface area (Å²) < 4.78 is 52.8. The predicted octanol–water partition coefficient (Wildman–Crippen LogP) is 3.51. The van der Waals surface area contributed by atoms with Gasteiger partial charge >= 0.3 is 0 Å². The highest BCUT2D eigenvalue weighted by atomic mass is 35.5. The van der Waals surface area contributed by atoms with Crippen molar-refractivity contribution in [3.8, 4) is 0 Å². The van der Waals surface area contributed by atoms with E-state index in [0.717, 1.165) is 11.3 Å². The van der Waals surface area contributed by atoms with E-state index in [1.165, 1.54) is 15.6 Å². The third kappa shape index (κ3) is 3.84. The van der Waals surface area contributed by atoms with Crippen molar-refractivity contribution in [1.29, 1.82) is 0 Å². The van der Waals surface area contributed by atoms with Crippen LogP contribution in [0.4, 0.5) is 0 Å². The van der Waals surface area contributed by atoms with Crippen LogP contribution in [0.5, 0.6) is 0 Å². The van der Waals surface area contributed by atoms with E-state index in [1.807, 2.05) is 6.92 Å². The summed E-state index contributed by atoms with van der Waals surface area (Å²) in [5.41, 5.74) is 0.540. The molecule has 0 spiro atoms. The van der Waals surface area contributed by atoms with E-state index < -0.39 is 25.1 Å². The van der Waals surface area contributed by atoms with Crippen molar-refractivity contribution < 1.29 is 16.8 Å². The van der Waals surface area contributed by atoms with E-state index in [1.54, 1.807) is 36.4 Å². The number of thiophene rings is 1. The van der Waals surface area contributed by atoms with E-state index in [4.69, 9.17) is 11.6 Å². The lowest BCUT2D eigenvalue weighted by molar-refractivity contribution is 0.429. The van der Waals surface area contributed by atoms with Crippen LogP contribution in [0, 0.1) is 0 Å². The van der Waals surface area contributed by atoms with Gasteiger partial charge in [-0.25, -0.2) is 16.8 Å². The van der Waals surface area contributed by atoms with Crippen LogP contribution >= 0.6 is 22.9 Å². The first-order valence-electron chi connectivity index (χ1n) is 8.30. The van der Waals surface area contributed by atoms with Gasteiger partial charge in [-0.15, -0.1) is 11.3 Å². The largest absolute Gasteiger partial charge is 0.252 e. The maximum absolute atomic E-state index is 12.9. The average molecular weight is 434 g/mol. The molecule has 1 aliphatic heterocycles. The molecule has 0 bridgehead atoms. The molecule has 0 N–H and O–H groups in total. The Kier molecular flexibility index (Phi) is 5.79. The topological polar surface area (TPSA) is 71.5 Å². The van der Waals surface area contributed by atoms with Gasteiger partial charge in [-0.3, -0.25) is 0 Å². The van der Waals surface area contributed by atoms with Gasteiger partial charge in [0.15, 0.2) is 9.84 Å². The number of nitrogens with zero attached hydrogens (tertiary/aromatic N) is 1. The van der Waals surface area contributed by atoms with Gasteiger partial charge in [-0.2, -0.15) is 4.31 Å². The van der Waals surface area contributed by atoms with Gasteiger partial charge in [0.2, 0.25) is 0 Å². The fourth-order valence-electron chi connectivity index (χ4n) is 3.06. The molecule has 2 heterocycles. The number of halogens is 1. The van der Waals surface area contributed by atoms with Gasteiger partial charge in [-0.05, 0) is 36.6 Å². The molecular weight excluding hydrogens is 414 g/mol. The second kappa shape index (κ2) is 7.59. The molecule has 0 saturated carbocycles. The zero-order valence-electron chi connectivity index (χ0n) is 14.3. The minimum Gasteiger partial charge on any atom is -0.228 e. The lowest BCUT2D eigenvalue weighted by Gasteiger charge is -2.19. The summed E-state index contributed by atoms with van der Waals surface area (Å²) in [6, 6.07) is 10.2. The molecular formula is C17H20ClNO4S3. The lowest BCUT2D eigenvalue weighted by atomic mass is 10.1. The van der Waals surface area contributed by atoms with E-state index in [-0.39, 0.29) is 29.5 Å². The van der Waals surface area contributed by atoms with E-state index >= 15 is 0 Å². The summed E-state index contributed by atoms with van der Waals surface area (Å²) in [6.07, 6.45) is 0.959. The van der Waals surface area contributed by atoms with Crippen LogP contribution in [-0.4, -0.2) is 40.0 Å². The van der Waals surface area contributed by atoms with Gasteiger partial charge in [-0.1, -0.05) is 36.7 Å². The van der Waals surface area contributed by atoms with Crippen molar-refractivity contribution in [3.63, 3.8) is 0 Å². The maximum atomic E-state index is 12.9. The van der Waals surface area contributed by atoms with Gasteiger partial charge in [0, 0.05) is 23.0 Å². The maximum Gasteiger partial charge on any atom is 0.252 e. The molecule has 0 radical (unpaired) electrons. The van der Waals surface area contributed by atoms with Gasteiger partial charge in [0.05, 0.1) is 11.0 Å². The second-order valence-electron chi connectivity index (χ2n) is 6.14. The molecule has 142 valence electrons. The first kappa shape index (κ1) is 19.8. The van der Waals surface area contributed by atoms with Crippen LogP contribution in [0.25, 0.3) is 0 Å². The highest BCUT2D eigenvalue weighted by molar-refractivity contribution is 7.92. The number of aryl methyl sites for hydroxylation is 1. The molecule has 3 rings (SSSR count). The summed E-state index contributed by atoms with van der Waals surface area (Å²) in [6.45, 7) is 2.08. The minimum absolute atomic E-state index is 0.0367. The quantitative estimate of drug-likeness (QED) is 0.739. The molecule has 1 aliphatic rings. The Bertz CT molecular complexity index is 999. The monoisotopic (exact) mass is 433 g/mol. The summed E-state index contributed by atoms with van der Waals surface area (Å²) in [4.78, 5) is 0.986. The van der Waals surface area contributed by atoms with Crippen LogP contribution in [0.15, 0.2) is 40.6 Å². The number of hydrogen-bond donors (Lipinski definition) is 0. The zero-order valence-corrected chi connectivity index (χ0v) is 17.5. The summed E-state index contributed by atoms with van der Waals surface area (Å²) in [5, 5.41) is -0.394. The minimum atomic E-state index is -3.69. The van der Waals surface area contributed by atoms with Gasteiger partial charge in [0.25, 0.3) is 10.0 Å². The Hall–Kier alpha value is -0.930. The molecule has 1 saturated heterocycles. The van der Waals surface area contributed by atoms with E-state index in [2.05, 4.69) is 0 Å².